The summed E-state index contributed by atoms with van der Waals surface area (Å²) in [5.74, 6) is -2.12. The van der Waals surface area contributed by atoms with Crippen LogP contribution in [0.3, 0.4) is 0 Å². The van der Waals surface area contributed by atoms with E-state index in [0.717, 1.165) is 0 Å². The monoisotopic (exact) mass is 274 g/mol. The summed E-state index contributed by atoms with van der Waals surface area (Å²) >= 11 is 0. The highest BCUT2D eigenvalue weighted by atomic mass is 16.6. The predicted octanol–water partition coefficient (Wildman–Crippen LogP) is -0.267. The topological polar surface area (TPSA) is 116 Å². The molecule has 3 N–H and O–H groups in total. The molecule has 1 heterocycles. The second kappa shape index (κ2) is 6.37. The molecule has 0 radical (unpaired) electrons. The fourth-order valence-electron chi connectivity index (χ4n) is 2.06. The van der Waals surface area contributed by atoms with E-state index in [0.29, 0.717) is 6.54 Å². The SMILES string of the molecule is CC(C)N1C[C@@H](OC(=O)NCC(=O)O)C[C@H]1C(=O)O. The van der Waals surface area contributed by atoms with Crippen molar-refractivity contribution >= 4 is 18.0 Å². The van der Waals surface area contributed by atoms with Crippen LogP contribution in [0, 0.1) is 0 Å². The first-order valence-corrected chi connectivity index (χ1v) is 5.96. The number of hydrogen-bond donors (Lipinski definition) is 3. The number of likely N-dealkylation sites (tertiary alicyclic amines) is 1. The lowest BCUT2D eigenvalue weighted by molar-refractivity contribution is -0.142. The molecule has 1 saturated heterocycles. The molecule has 1 fully saturated rings. The number of rotatable bonds is 5. The predicted molar refractivity (Wildman–Crippen MR) is 63.8 cm³/mol. The summed E-state index contributed by atoms with van der Waals surface area (Å²) in [7, 11) is 0. The zero-order valence-corrected chi connectivity index (χ0v) is 10.8. The van der Waals surface area contributed by atoms with E-state index in [1.165, 1.54) is 0 Å². The number of carbonyl (C=O) groups is 3. The van der Waals surface area contributed by atoms with E-state index >= 15 is 0 Å². The summed E-state index contributed by atoms with van der Waals surface area (Å²) in [4.78, 5) is 34.4. The van der Waals surface area contributed by atoms with Crippen LogP contribution in [0.2, 0.25) is 0 Å². The normalized spacial score (nSPS) is 23.3. The van der Waals surface area contributed by atoms with Crippen LogP contribution in [-0.2, 0) is 14.3 Å². The first-order chi connectivity index (χ1) is 8.81. The average molecular weight is 274 g/mol. The maximum absolute atomic E-state index is 11.3. The number of ether oxygens (including phenoxy) is 1. The molecule has 0 aliphatic carbocycles. The van der Waals surface area contributed by atoms with Crippen molar-refractivity contribution in [1.29, 1.82) is 0 Å². The van der Waals surface area contributed by atoms with Crippen LogP contribution in [0.5, 0.6) is 0 Å². The Balaban J connectivity index is 2.51. The molecule has 1 aliphatic rings. The molecule has 0 bridgehead atoms. The maximum Gasteiger partial charge on any atom is 0.407 e. The largest absolute Gasteiger partial charge is 0.480 e. The Morgan fingerprint density at radius 3 is 2.42 bits per heavy atom. The van der Waals surface area contributed by atoms with Gasteiger partial charge < -0.3 is 20.3 Å². The van der Waals surface area contributed by atoms with Crippen LogP contribution < -0.4 is 5.32 Å². The third-order valence-electron chi connectivity index (χ3n) is 2.91. The van der Waals surface area contributed by atoms with Crippen LogP contribution in [0.1, 0.15) is 20.3 Å². The zero-order chi connectivity index (χ0) is 14.6. The van der Waals surface area contributed by atoms with Crippen molar-refractivity contribution in [3.8, 4) is 0 Å². The Morgan fingerprint density at radius 1 is 1.37 bits per heavy atom. The van der Waals surface area contributed by atoms with Crippen LogP contribution >= 0.6 is 0 Å². The first kappa shape index (κ1) is 15.2. The van der Waals surface area contributed by atoms with Crippen molar-refractivity contribution in [2.24, 2.45) is 0 Å². The minimum atomic E-state index is -1.17. The fraction of sp³-hybridized carbons (Fsp3) is 0.727. The molecular formula is C11H18N2O6. The zero-order valence-electron chi connectivity index (χ0n) is 10.8. The van der Waals surface area contributed by atoms with Gasteiger partial charge in [0.25, 0.3) is 0 Å². The third-order valence-corrected chi connectivity index (χ3v) is 2.91. The van der Waals surface area contributed by atoms with Gasteiger partial charge in [0.05, 0.1) is 0 Å². The van der Waals surface area contributed by atoms with Crippen molar-refractivity contribution in [1.82, 2.24) is 10.2 Å². The van der Waals surface area contributed by atoms with Gasteiger partial charge in [-0.25, -0.2) is 4.79 Å². The van der Waals surface area contributed by atoms with Gasteiger partial charge in [-0.1, -0.05) is 0 Å². The highest BCUT2D eigenvalue weighted by Crippen LogP contribution is 2.23. The molecule has 1 amide bonds. The smallest absolute Gasteiger partial charge is 0.407 e. The van der Waals surface area contributed by atoms with Gasteiger partial charge in [-0.05, 0) is 13.8 Å². The molecule has 0 spiro atoms. The van der Waals surface area contributed by atoms with Gasteiger partial charge in [0, 0.05) is 19.0 Å². The van der Waals surface area contributed by atoms with Gasteiger partial charge in [0.1, 0.15) is 18.7 Å². The molecule has 0 aromatic heterocycles. The second-order valence-electron chi connectivity index (χ2n) is 4.65. The van der Waals surface area contributed by atoms with Gasteiger partial charge in [-0.15, -0.1) is 0 Å². The Labute approximate surface area is 110 Å². The Morgan fingerprint density at radius 2 is 2.00 bits per heavy atom. The lowest BCUT2D eigenvalue weighted by Crippen LogP contribution is -2.40. The third kappa shape index (κ3) is 4.40. The summed E-state index contributed by atoms with van der Waals surface area (Å²) in [5, 5.41) is 19.6. The fourth-order valence-corrected chi connectivity index (χ4v) is 2.06. The van der Waals surface area contributed by atoms with Crippen molar-refractivity contribution < 1.29 is 29.3 Å². The van der Waals surface area contributed by atoms with Crippen molar-refractivity contribution in [2.75, 3.05) is 13.1 Å². The van der Waals surface area contributed by atoms with Crippen LogP contribution in [0.25, 0.3) is 0 Å². The van der Waals surface area contributed by atoms with Gasteiger partial charge in [0.15, 0.2) is 0 Å². The highest BCUT2D eigenvalue weighted by Gasteiger charge is 2.39. The molecule has 1 aliphatic heterocycles. The van der Waals surface area contributed by atoms with Crippen molar-refractivity contribution in [3.05, 3.63) is 0 Å². The number of carboxylic acids is 2. The summed E-state index contributed by atoms with van der Waals surface area (Å²) < 4.78 is 5.00. The Bertz CT molecular complexity index is 370. The summed E-state index contributed by atoms with van der Waals surface area (Å²) in [5.41, 5.74) is 0. The quantitative estimate of drug-likeness (QED) is 0.632. The lowest BCUT2D eigenvalue weighted by atomic mass is 10.2. The maximum atomic E-state index is 11.3. The second-order valence-corrected chi connectivity index (χ2v) is 4.65. The van der Waals surface area contributed by atoms with E-state index in [-0.39, 0.29) is 12.5 Å². The molecule has 0 unspecified atom stereocenters. The number of carbonyl (C=O) groups excluding carboxylic acids is 1. The number of aliphatic carboxylic acids is 2. The van der Waals surface area contributed by atoms with Crippen molar-refractivity contribution in [2.45, 2.75) is 38.5 Å². The van der Waals surface area contributed by atoms with E-state index in [4.69, 9.17) is 14.9 Å². The molecule has 8 heteroatoms. The van der Waals surface area contributed by atoms with Gasteiger partial charge >= 0.3 is 18.0 Å². The number of hydrogen-bond acceptors (Lipinski definition) is 5. The van der Waals surface area contributed by atoms with E-state index in [1.54, 1.807) is 4.90 Å². The number of amides is 1. The first-order valence-electron chi connectivity index (χ1n) is 5.96. The van der Waals surface area contributed by atoms with E-state index in [9.17, 15) is 14.4 Å². The lowest BCUT2D eigenvalue weighted by Gasteiger charge is -2.24. The number of nitrogens with zero attached hydrogens (tertiary/aromatic N) is 1. The standard InChI is InChI=1S/C11H18N2O6/c1-6(2)13-5-7(3-8(13)10(16)17)19-11(18)12-4-9(14)15/h6-8H,3-5H2,1-2H3,(H,12,18)(H,14,15)(H,16,17)/t7-,8-/m0/s1. The molecule has 108 valence electrons. The minimum absolute atomic E-state index is 0.0248. The molecular weight excluding hydrogens is 256 g/mol. The van der Waals surface area contributed by atoms with Crippen LogP contribution in [0.15, 0.2) is 0 Å². The molecule has 19 heavy (non-hydrogen) atoms. The summed E-state index contributed by atoms with van der Waals surface area (Å²) in [6.45, 7) is 3.53. The number of nitrogens with one attached hydrogen (secondary N) is 1. The highest BCUT2D eigenvalue weighted by molar-refractivity contribution is 5.77. The van der Waals surface area contributed by atoms with Gasteiger partial charge in [-0.3, -0.25) is 14.5 Å². The molecule has 1 rings (SSSR count). The van der Waals surface area contributed by atoms with Crippen molar-refractivity contribution in [3.63, 3.8) is 0 Å². The molecule has 0 saturated carbocycles. The molecule has 8 nitrogen and oxygen atoms in total. The van der Waals surface area contributed by atoms with E-state index < -0.39 is 36.7 Å². The van der Waals surface area contributed by atoms with Crippen LogP contribution in [-0.4, -0.2) is 64.4 Å². The summed E-state index contributed by atoms with van der Waals surface area (Å²) in [6, 6.07) is -0.658. The molecule has 2 atom stereocenters. The number of carboxylic acid groups (broad SMARTS) is 2. The average Bonchev–Trinajstić information content (AvgIpc) is 2.70. The molecule has 0 aromatic rings. The Kier molecular flexibility index (Phi) is 5.11. The van der Waals surface area contributed by atoms with Gasteiger partial charge in [0.2, 0.25) is 0 Å². The molecule has 0 aromatic carbocycles. The summed E-state index contributed by atoms with van der Waals surface area (Å²) in [6.07, 6.45) is -1.19. The Hall–Kier alpha value is -1.83. The van der Waals surface area contributed by atoms with E-state index in [2.05, 4.69) is 5.32 Å². The number of alkyl carbamates (subject to hydrolysis) is 1. The van der Waals surface area contributed by atoms with Gasteiger partial charge in [-0.2, -0.15) is 0 Å². The minimum Gasteiger partial charge on any atom is -0.480 e. The van der Waals surface area contributed by atoms with E-state index in [1.807, 2.05) is 13.8 Å². The van der Waals surface area contributed by atoms with Crippen LogP contribution in [0.4, 0.5) is 4.79 Å².